The lowest BCUT2D eigenvalue weighted by Crippen LogP contribution is -1.84. The first-order chi connectivity index (χ1) is 12.7. The molecule has 0 N–H and O–H groups in total. The van der Waals surface area contributed by atoms with Gasteiger partial charge in [0.15, 0.2) is 0 Å². The van der Waals surface area contributed by atoms with Gasteiger partial charge in [0.05, 0.1) is 11.6 Å². The highest BCUT2D eigenvalue weighted by molar-refractivity contribution is 9.10. The van der Waals surface area contributed by atoms with Gasteiger partial charge in [-0.1, -0.05) is 70.5 Å². The third kappa shape index (κ3) is 3.20. The molecule has 0 amide bonds. The van der Waals surface area contributed by atoms with Crippen molar-refractivity contribution in [2.24, 2.45) is 0 Å². The summed E-state index contributed by atoms with van der Waals surface area (Å²) in [6.45, 7) is 0. The second kappa shape index (κ2) is 7.03. The predicted octanol–water partition coefficient (Wildman–Crippen LogP) is 6.93. The van der Waals surface area contributed by atoms with Crippen molar-refractivity contribution in [2.75, 3.05) is 0 Å². The van der Waals surface area contributed by atoms with Crippen molar-refractivity contribution in [3.63, 3.8) is 0 Å². The van der Waals surface area contributed by atoms with E-state index in [-0.39, 0.29) is 0 Å². The molecule has 4 rings (SSSR count). The lowest BCUT2D eigenvalue weighted by Gasteiger charge is -2.04. The Morgan fingerprint density at radius 3 is 2.46 bits per heavy atom. The van der Waals surface area contributed by atoms with Gasteiger partial charge in [0.1, 0.15) is 11.5 Å². The number of hydrogen-bond donors (Lipinski definition) is 0. The molecule has 0 aliphatic rings. The Morgan fingerprint density at radius 1 is 0.885 bits per heavy atom. The zero-order valence-corrected chi connectivity index (χ0v) is 15.4. The number of nitriles is 1. The SMILES string of the molecule is N#C/C(=C/c1ccc(-c2ccc(Br)cc2)o1)c1cccc2ccccc12. The fourth-order valence-electron chi connectivity index (χ4n) is 2.97. The molecule has 4 aromatic rings. The Kier molecular flexibility index (Phi) is 4.43. The second-order valence-corrected chi connectivity index (χ2v) is 6.82. The molecule has 3 heteroatoms. The van der Waals surface area contributed by atoms with Crippen LogP contribution in [0.1, 0.15) is 11.3 Å². The highest BCUT2D eigenvalue weighted by Gasteiger charge is 2.08. The molecule has 0 radical (unpaired) electrons. The standard InChI is InChI=1S/C23H14BrNO/c24-19-10-8-17(9-11-19)23-13-12-20(26-23)14-18(15-25)22-7-3-5-16-4-1-2-6-21(16)22/h1-14H/b18-14-. The van der Waals surface area contributed by atoms with Crippen LogP contribution in [-0.4, -0.2) is 0 Å². The minimum atomic E-state index is 0.582. The average molecular weight is 400 g/mol. The van der Waals surface area contributed by atoms with E-state index in [0.717, 1.165) is 32.1 Å². The molecule has 0 saturated heterocycles. The average Bonchev–Trinajstić information content (AvgIpc) is 3.15. The van der Waals surface area contributed by atoms with Crippen molar-refractivity contribution in [2.45, 2.75) is 0 Å². The summed E-state index contributed by atoms with van der Waals surface area (Å²) in [4.78, 5) is 0. The fourth-order valence-corrected chi connectivity index (χ4v) is 3.24. The Balaban J connectivity index is 1.75. The lowest BCUT2D eigenvalue weighted by molar-refractivity contribution is 0.572. The summed E-state index contributed by atoms with van der Waals surface area (Å²) >= 11 is 3.43. The molecule has 0 aliphatic heterocycles. The summed E-state index contributed by atoms with van der Waals surface area (Å²) in [6, 6.07) is 28.1. The smallest absolute Gasteiger partial charge is 0.134 e. The zero-order valence-electron chi connectivity index (χ0n) is 13.8. The summed E-state index contributed by atoms with van der Waals surface area (Å²) in [7, 11) is 0. The highest BCUT2D eigenvalue weighted by Crippen LogP contribution is 2.29. The van der Waals surface area contributed by atoms with Gasteiger partial charge in [-0.05, 0) is 41.1 Å². The quantitative estimate of drug-likeness (QED) is 0.350. The zero-order chi connectivity index (χ0) is 17.9. The summed E-state index contributed by atoms with van der Waals surface area (Å²) in [6.07, 6.45) is 1.80. The van der Waals surface area contributed by atoms with E-state index in [1.165, 1.54) is 0 Å². The second-order valence-electron chi connectivity index (χ2n) is 5.91. The Labute approximate surface area is 160 Å². The summed E-state index contributed by atoms with van der Waals surface area (Å²) in [5.41, 5.74) is 2.49. The van der Waals surface area contributed by atoms with Gasteiger partial charge in [-0.25, -0.2) is 0 Å². The van der Waals surface area contributed by atoms with Gasteiger partial charge in [0, 0.05) is 15.6 Å². The normalized spacial score (nSPS) is 11.5. The van der Waals surface area contributed by atoms with Crippen LogP contribution in [0, 0.1) is 11.3 Å². The summed E-state index contributed by atoms with van der Waals surface area (Å²) < 4.78 is 6.96. The lowest BCUT2D eigenvalue weighted by atomic mass is 9.98. The molecule has 3 aromatic carbocycles. The molecule has 1 heterocycles. The van der Waals surface area contributed by atoms with Crippen LogP contribution >= 0.6 is 15.9 Å². The van der Waals surface area contributed by atoms with E-state index in [1.54, 1.807) is 6.08 Å². The molecule has 0 atom stereocenters. The van der Waals surface area contributed by atoms with E-state index >= 15 is 0 Å². The Hall–Kier alpha value is -3.09. The van der Waals surface area contributed by atoms with Gasteiger partial charge in [0.2, 0.25) is 0 Å². The fraction of sp³-hybridized carbons (Fsp3) is 0. The number of hydrogen-bond acceptors (Lipinski definition) is 2. The van der Waals surface area contributed by atoms with E-state index in [4.69, 9.17) is 4.42 Å². The summed E-state index contributed by atoms with van der Waals surface area (Å²) in [5.74, 6) is 1.44. The maximum Gasteiger partial charge on any atom is 0.134 e. The van der Waals surface area contributed by atoms with Crippen LogP contribution in [0.25, 0.3) is 33.7 Å². The van der Waals surface area contributed by atoms with E-state index in [1.807, 2.05) is 78.9 Å². The molecule has 1 aromatic heterocycles. The van der Waals surface area contributed by atoms with Gasteiger partial charge in [-0.3, -0.25) is 0 Å². The molecule has 0 spiro atoms. The molecule has 0 unspecified atom stereocenters. The monoisotopic (exact) mass is 399 g/mol. The molecule has 0 saturated carbocycles. The van der Waals surface area contributed by atoms with Crippen molar-refractivity contribution in [1.82, 2.24) is 0 Å². The molecule has 0 fully saturated rings. The molecule has 124 valence electrons. The molecule has 2 nitrogen and oxygen atoms in total. The molecule has 0 aliphatic carbocycles. The van der Waals surface area contributed by atoms with Crippen LogP contribution in [0.4, 0.5) is 0 Å². The number of benzene rings is 3. The van der Waals surface area contributed by atoms with Crippen LogP contribution in [0.2, 0.25) is 0 Å². The predicted molar refractivity (Wildman–Crippen MR) is 109 cm³/mol. The van der Waals surface area contributed by atoms with Crippen LogP contribution < -0.4 is 0 Å². The van der Waals surface area contributed by atoms with E-state index in [9.17, 15) is 5.26 Å². The minimum absolute atomic E-state index is 0.582. The van der Waals surface area contributed by atoms with Crippen LogP contribution in [0.3, 0.4) is 0 Å². The first-order valence-electron chi connectivity index (χ1n) is 8.20. The van der Waals surface area contributed by atoms with Crippen molar-refractivity contribution >= 4 is 38.4 Å². The number of halogens is 1. The van der Waals surface area contributed by atoms with Gasteiger partial charge >= 0.3 is 0 Å². The molecular weight excluding hydrogens is 386 g/mol. The third-order valence-electron chi connectivity index (χ3n) is 4.24. The summed E-state index contributed by atoms with van der Waals surface area (Å²) in [5, 5.41) is 11.9. The van der Waals surface area contributed by atoms with Gasteiger partial charge in [-0.15, -0.1) is 0 Å². The third-order valence-corrected chi connectivity index (χ3v) is 4.77. The van der Waals surface area contributed by atoms with Crippen LogP contribution in [-0.2, 0) is 0 Å². The maximum absolute atomic E-state index is 9.69. The van der Waals surface area contributed by atoms with E-state index in [0.29, 0.717) is 11.3 Å². The van der Waals surface area contributed by atoms with E-state index < -0.39 is 0 Å². The molecular formula is C23H14BrNO. The van der Waals surface area contributed by atoms with Gasteiger partial charge in [-0.2, -0.15) is 5.26 Å². The topological polar surface area (TPSA) is 36.9 Å². The first kappa shape index (κ1) is 16.4. The molecule has 0 bridgehead atoms. The van der Waals surface area contributed by atoms with Crippen molar-refractivity contribution in [1.29, 1.82) is 5.26 Å². The Morgan fingerprint density at radius 2 is 1.65 bits per heavy atom. The maximum atomic E-state index is 9.69. The molecule has 26 heavy (non-hydrogen) atoms. The van der Waals surface area contributed by atoms with Crippen molar-refractivity contribution in [3.05, 3.63) is 94.7 Å². The number of rotatable bonds is 3. The largest absolute Gasteiger partial charge is 0.457 e. The van der Waals surface area contributed by atoms with E-state index in [2.05, 4.69) is 22.0 Å². The van der Waals surface area contributed by atoms with Crippen molar-refractivity contribution in [3.8, 4) is 17.4 Å². The number of fused-ring (bicyclic) bond motifs is 1. The van der Waals surface area contributed by atoms with Crippen LogP contribution in [0.15, 0.2) is 87.8 Å². The highest BCUT2D eigenvalue weighted by atomic mass is 79.9. The van der Waals surface area contributed by atoms with Gasteiger partial charge < -0.3 is 4.42 Å². The van der Waals surface area contributed by atoms with Crippen molar-refractivity contribution < 1.29 is 4.42 Å². The number of furan rings is 1. The van der Waals surface area contributed by atoms with Gasteiger partial charge in [0.25, 0.3) is 0 Å². The minimum Gasteiger partial charge on any atom is -0.457 e. The number of nitrogens with zero attached hydrogens (tertiary/aromatic N) is 1. The van der Waals surface area contributed by atoms with Crippen LogP contribution in [0.5, 0.6) is 0 Å². The number of allylic oxidation sites excluding steroid dienone is 1. The Bertz CT molecular complexity index is 1140. The first-order valence-corrected chi connectivity index (χ1v) is 8.99.